The monoisotopic (exact) mass is 603 g/mol. The van der Waals surface area contributed by atoms with Crippen LogP contribution in [0.2, 0.25) is 10.0 Å². The second-order valence-electron chi connectivity index (χ2n) is 9.11. The Labute approximate surface area is 253 Å². The molecule has 3 N–H and O–H groups in total. The molecule has 0 bridgehead atoms. The second kappa shape index (κ2) is 14.0. The van der Waals surface area contributed by atoms with E-state index < -0.39 is 11.8 Å². The van der Waals surface area contributed by atoms with Gasteiger partial charge in [0, 0.05) is 31.9 Å². The lowest BCUT2D eigenvalue weighted by molar-refractivity contribution is -0.114. The van der Waals surface area contributed by atoms with Gasteiger partial charge in [-0.1, -0.05) is 59.6 Å². The Bertz CT molecular complexity index is 1610. The van der Waals surface area contributed by atoms with Gasteiger partial charge in [-0.15, -0.1) is 11.8 Å². The van der Waals surface area contributed by atoms with Crippen molar-refractivity contribution in [2.24, 2.45) is 0 Å². The summed E-state index contributed by atoms with van der Waals surface area (Å²) in [5.41, 5.74) is 4.39. The Kier molecular flexibility index (Phi) is 10.2. The van der Waals surface area contributed by atoms with Crippen molar-refractivity contribution in [1.29, 1.82) is 0 Å². The molecule has 0 saturated carbocycles. The van der Waals surface area contributed by atoms with E-state index in [0.29, 0.717) is 26.9 Å². The third-order valence-electron chi connectivity index (χ3n) is 6.15. The van der Waals surface area contributed by atoms with Gasteiger partial charge in [0.25, 0.3) is 11.8 Å². The predicted octanol–water partition coefficient (Wildman–Crippen LogP) is 7.75. The average molecular weight is 605 g/mol. The van der Waals surface area contributed by atoms with E-state index in [9.17, 15) is 14.4 Å². The highest BCUT2D eigenvalue weighted by Crippen LogP contribution is 2.25. The van der Waals surface area contributed by atoms with E-state index in [-0.39, 0.29) is 17.4 Å². The van der Waals surface area contributed by atoms with Crippen LogP contribution in [0.3, 0.4) is 0 Å². The van der Waals surface area contributed by atoms with Crippen LogP contribution in [0, 0.1) is 13.8 Å². The molecule has 41 heavy (non-hydrogen) atoms. The number of amides is 3. The van der Waals surface area contributed by atoms with Crippen LogP contribution in [0.1, 0.15) is 27.0 Å². The largest absolute Gasteiger partial charge is 0.325 e. The summed E-state index contributed by atoms with van der Waals surface area (Å²) in [4.78, 5) is 39.4. The highest BCUT2D eigenvalue weighted by atomic mass is 35.5. The third-order valence-corrected chi connectivity index (χ3v) is 7.73. The van der Waals surface area contributed by atoms with Crippen LogP contribution < -0.4 is 16.0 Å². The van der Waals surface area contributed by atoms with Gasteiger partial charge in [-0.05, 0) is 91.2 Å². The predicted molar refractivity (Wildman–Crippen MR) is 169 cm³/mol. The van der Waals surface area contributed by atoms with Crippen molar-refractivity contribution in [3.05, 3.63) is 129 Å². The third kappa shape index (κ3) is 8.47. The maximum Gasteiger partial charge on any atom is 0.272 e. The fourth-order valence-electron chi connectivity index (χ4n) is 3.77. The minimum atomic E-state index is -0.534. The Morgan fingerprint density at radius 1 is 0.829 bits per heavy atom. The highest BCUT2D eigenvalue weighted by molar-refractivity contribution is 8.00. The number of hydrogen-bond acceptors (Lipinski definition) is 4. The minimum Gasteiger partial charge on any atom is -0.325 e. The number of nitrogens with one attached hydrogen (secondary N) is 3. The van der Waals surface area contributed by atoms with Crippen molar-refractivity contribution in [3.63, 3.8) is 0 Å². The SMILES string of the molecule is Cc1cccc(NC(=O)CSc2ccc(NC(=O)/C(=C/c3ccc(Cl)cc3Cl)NC(=O)c3ccccc3)cc2)c1C. The molecule has 9 heteroatoms. The zero-order chi connectivity index (χ0) is 29.4. The van der Waals surface area contributed by atoms with E-state index in [1.54, 1.807) is 60.7 Å². The molecule has 0 aliphatic heterocycles. The lowest BCUT2D eigenvalue weighted by Gasteiger charge is -2.12. The number of halogens is 2. The number of carbonyl (C=O) groups is 3. The lowest BCUT2D eigenvalue weighted by Crippen LogP contribution is -2.30. The molecule has 0 saturated heterocycles. The summed E-state index contributed by atoms with van der Waals surface area (Å²) in [6, 6.07) is 26.3. The van der Waals surface area contributed by atoms with Gasteiger partial charge in [0.2, 0.25) is 5.91 Å². The van der Waals surface area contributed by atoms with Crippen LogP contribution in [-0.2, 0) is 9.59 Å². The highest BCUT2D eigenvalue weighted by Gasteiger charge is 2.16. The van der Waals surface area contributed by atoms with Gasteiger partial charge in [-0.3, -0.25) is 14.4 Å². The fraction of sp³-hybridized carbons (Fsp3) is 0.0938. The van der Waals surface area contributed by atoms with Crippen molar-refractivity contribution in [2.75, 3.05) is 16.4 Å². The van der Waals surface area contributed by atoms with Crippen molar-refractivity contribution in [2.45, 2.75) is 18.7 Å². The summed E-state index contributed by atoms with van der Waals surface area (Å²) >= 11 is 13.7. The summed E-state index contributed by atoms with van der Waals surface area (Å²) in [6.45, 7) is 3.98. The molecule has 0 aliphatic carbocycles. The Hall–Kier alpha value is -4.04. The van der Waals surface area contributed by atoms with Crippen LogP contribution >= 0.6 is 35.0 Å². The van der Waals surface area contributed by atoms with Gasteiger partial charge in [0.05, 0.1) is 5.75 Å². The first kappa shape index (κ1) is 29.9. The van der Waals surface area contributed by atoms with Crippen LogP contribution in [0.25, 0.3) is 6.08 Å². The van der Waals surface area contributed by atoms with E-state index in [1.807, 2.05) is 44.2 Å². The van der Waals surface area contributed by atoms with Gasteiger partial charge < -0.3 is 16.0 Å². The molecule has 6 nitrogen and oxygen atoms in total. The number of hydrogen-bond donors (Lipinski definition) is 3. The quantitative estimate of drug-likeness (QED) is 0.135. The minimum absolute atomic E-state index is 0.00430. The van der Waals surface area contributed by atoms with Crippen LogP contribution in [0.4, 0.5) is 11.4 Å². The average Bonchev–Trinajstić information content (AvgIpc) is 2.96. The first-order valence-corrected chi connectivity index (χ1v) is 14.4. The number of benzene rings is 4. The Balaban J connectivity index is 1.43. The number of aryl methyl sites for hydroxylation is 1. The summed E-state index contributed by atoms with van der Waals surface area (Å²) in [5, 5.41) is 9.23. The zero-order valence-corrected chi connectivity index (χ0v) is 24.7. The zero-order valence-electron chi connectivity index (χ0n) is 22.3. The summed E-state index contributed by atoms with van der Waals surface area (Å²) in [5.74, 6) is -0.846. The molecule has 4 rings (SSSR count). The molecular weight excluding hydrogens is 577 g/mol. The maximum absolute atomic E-state index is 13.3. The van der Waals surface area contributed by atoms with E-state index >= 15 is 0 Å². The standard InChI is InChI=1S/C32H27Cl2N3O3S/c1-20-7-6-10-28(21(20)2)36-30(38)19-41-26-15-13-25(14-16-26)35-32(40)29(17-23-11-12-24(33)18-27(23)34)37-31(39)22-8-4-3-5-9-22/h3-18H,19H2,1-2H3,(H,35,40)(H,36,38)(H,37,39)/b29-17-. The van der Waals surface area contributed by atoms with E-state index in [1.165, 1.54) is 17.8 Å². The van der Waals surface area contributed by atoms with Gasteiger partial charge in [0.15, 0.2) is 0 Å². The molecule has 0 spiro atoms. The number of anilines is 2. The molecule has 0 fully saturated rings. The van der Waals surface area contributed by atoms with Gasteiger partial charge in [-0.25, -0.2) is 0 Å². The van der Waals surface area contributed by atoms with Crippen molar-refractivity contribution >= 4 is 70.1 Å². The Morgan fingerprint density at radius 2 is 1.56 bits per heavy atom. The van der Waals surface area contributed by atoms with Crippen LogP contribution in [0.5, 0.6) is 0 Å². The van der Waals surface area contributed by atoms with Gasteiger partial charge in [0.1, 0.15) is 5.70 Å². The topological polar surface area (TPSA) is 87.3 Å². The molecule has 0 heterocycles. The van der Waals surface area contributed by atoms with E-state index in [0.717, 1.165) is 21.7 Å². The first-order valence-electron chi connectivity index (χ1n) is 12.6. The van der Waals surface area contributed by atoms with Crippen molar-refractivity contribution in [3.8, 4) is 0 Å². The van der Waals surface area contributed by atoms with Crippen molar-refractivity contribution in [1.82, 2.24) is 5.32 Å². The van der Waals surface area contributed by atoms with E-state index in [2.05, 4.69) is 16.0 Å². The fourth-order valence-corrected chi connectivity index (χ4v) is 4.93. The van der Waals surface area contributed by atoms with E-state index in [4.69, 9.17) is 23.2 Å². The van der Waals surface area contributed by atoms with Gasteiger partial charge >= 0.3 is 0 Å². The molecule has 0 unspecified atom stereocenters. The molecule has 208 valence electrons. The molecule has 3 amide bonds. The van der Waals surface area contributed by atoms with Crippen LogP contribution in [0.15, 0.2) is 102 Å². The summed E-state index contributed by atoms with van der Waals surface area (Å²) < 4.78 is 0. The molecule has 4 aromatic rings. The molecular formula is C32H27Cl2N3O3S. The normalized spacial score (nSPS) is 11.1. The maximum atomic E-state index is 13.3. The van der Waals surface area contributed by atoms with Gasteiger partial charge in [-0.2, -0.15) is 0 Å². The summed E-state index contributed by atoms with van der Waals surface area (Å²) in [7, 11) is 0. The lowest BCUT2D eigenvalue weighted by atomic mass is 10.1. The Morgan fingerprint density at radius 3 is 2.27 bits per heavy atom. The number of rotatable bonds is 9. The summed E-state index contributed by atoms with van der Waals surface area (Å²) in [6.07, 6.45) is 1.49. The molecule has 0 atom stereocenters. The van der Waals surface area contributed by atoms with Crippen molar-refractivity contribution < 1.29 is 14.4 Å². The molecule has 0 aliphatic rings. The number of carbonyl (C=O) groups excluding carboxylic acids is 3. The first-order chi connectivity index (χ1) is 19.7. The molecule has 0 radical (unpaired) electrons. The number of thioether (sulfide) groups is 1. The molecule has 0 aromatic heterocycles. The van der Waals surface area contributed by atoms with Crippen LogP contribution in [-0.4, -0.2) is 23.5 Å². The smallest absolute Gasteiger partial charge is 0.272 e. The molecule has 4 aromatic carbocycles. The second-order valence-corrected chi connectivity index (χ2v) is 11.0.